The minimum atomic E-state index is -0.863. The number of carbonyl (C=O) groups is 1. The van der Waals surface area contributed by atoms with Crippen LogP contribution >= 0.6 is 0 Å². The quantitative estimate of drug-likeness (QED) is 0.887. The van der Waals surface area contributed by atoms with Gasteiger partial charge in [0.25, 0.3) is 5.91 Å². The Morgan fingerprint density at radius 3 is 2.78 bits per heavy atom. The fraction of sp³-hybridized carbons (Fsp3) is 0.462. The Morgan fingerprint density at radius 2 is 2.28 bits per heavy atom. The zero-order valence-electron chi connectivity index (χ0n) is 10.4. The molecule has 18 heavy (non-hydrogen) atoms. The lowest BCUT2D eigenvalue weighted by Crippen LogP contribution is -2.29. The van der Waals surface area contributed by atoms with Gasteiger partial charge in [-0.2, -0.15) is 0 Å². The molecule has 0 aliphatic carbocycles. The van der Waals surface area contributed by atoms with E-state index in [4.69, 9.17) is 4.74 Å². The maximum Gasteiger partial charge on any atom is 0.263 e. The second-order valence-electron chi connectivity index (χ2n) is 4.51. The van der Waals surface area contributed by atoms with Crippen LogP contribution in [-0.4, -0.2) is 35.6 Å². The average Bonchev–Trinajstić information content (AvgIpc) is 2.61. The van der Waals surface area contributed by atoms with Gasteiger partial charge < -0.3 is 14.7 Å². The SMILES string of the molecule is C[C@H](O)c1ccc(OC2CCN(C)C2=O)cc1F. The van der Waals surface area contributed by atoms with Gasteiger partial charge in [0.05, 0.1) is 6.10 Å². The van der Waals surface area contributed by atoms with Crippen molar-refractivity contribution >= 4 is 5.91 Å². The second kappa shape index (κ2) is 4.94. The highest BCUT2D eigenvalue weighted by Gasteiger charge is 2.30. The van der Waals surface area contributed by atoms with Crippen LogP contribution in [0.1, 0.15) is 25.0 Å². The fourth-order valence-electron chi connectivity index (χ4n) is 1.98. The Hall–Kier alpha value is -1.62. The Morgan fingerprint density at radius 1 is 1.56 bits per heavy atom. The van der Waals surface area contributed by atoms with Crippen molar-refractivity contribution in [2.24, 2.45) is 0 Å². The zero-order valence-corrected chi connectivity index (χ0v) is 10.4. The van der Waals surface area contributed by atoms with E-state index in [0.717, 1.165) is 0 Å². The van der Waals surface area contributed by atoms with Crippen LogP contribution in [0.3, 0.4) is 0 Å². The van der Waals surface area contributed by atoms with Gasteiger partial charge in [-0.25, -0.2) is 4.39 Å². The number of benzene rings is 1. The number of likely N-dealkylation sites (N-methyl/N-ethyl adjacent to an activating group) is 1. The predicted octanol–water partition coefficient (Wildman–Crippen LogP) is 1.49. The molecule has 1 saturated heterocycles. The minimum Gasteiger partial charge on any atom is -0.480 e. The summed E-state index contributed by atoms with van der Waals surface area (Å²) in [5, 5.41) is 9.31. The van der Waals surface area contributed by atoms with Gasteiger partial charge in [0.1, 0.15) is 11.6 Å². The molecular formula is C13H16FNO3. The minimum absolute atomic E-state index is 0.0880. The molecule has 0 bridgehead atoms. The molecule has 1 heterocycles. The highest BCUT2D eigenvalue weighted by Crippen LogP contribution is 2.24. The van der Waals surface area contributed by atoms with E-state index in [2.05, 4.69) is 0 Å². The van der Waals surface area contributed by atoms with Crippen LogP contribution in [0.25, 0.3) is 0 Å². The van der Waals surface area contributed by atoms with Gasteiger partial charge in [-0.15, -0.1) is 0 Å². The third kappa shape index (κ3) is 2.46. The largest absolute Gasteiger partial charge is 0.480 e. The van der Waals surface area contributed by atoms with Crippen LogP contribution < -0.4 is 4.74 Å². The fourth-order valence-corrected chi connectivity index (χ4v) is 1.98. The Bertz CT molecular complexity index is 462. The molecule has 1 aromatic carbocycles. The molecule has 1 N–H and O–H groups in total. The summed E-state index contributed by atoms with van der Waals surface area (Å²) in [5.41, 5.74) is 0.220. The van der Waals surface area contributed by atoms with Crippen LogP contribution in [0.5, 0.6) is 5.75 Å². The molecule has 98 valence electrons. The third-order valence-electron chi connectivity index (χ3n) is 3.08. The van der Waals surface area contributed by atoms with Crippen molar-refractivity contribution in [3.05, 3.63) is 29.6 Å². The van der Waals surface area contributed by atoms with Gasteiger partial charge in [0.2, 0.25) is 0 Å². The summed E-state index contributed by atoms with van der Waals surface area (Å²) in [5.74, 6) is -0.304. The maximum atomic E-state index is 13.6. The third-order valence-corrected chi connectivity index (χ3v) is 3.08. The number of ether oxygens (including phenoxy) is 1. The summed E-state index contributed by atoms with van der Waals surface area (Å²) in [7, 11) is 1.71. The van der Waals surface area contributed by atoms with E-state index in [1.54, 1.807) is 18.0 Å². The van der Waals surface area contributed by atoms with E-state index in [9.17, 15) is 14.3 Å². The molecule has 2 rings (SSSR count). The van der Waals surface area contributed by atoms with Crippen molar-refractivity contribution < 1.29 is 19.0 Å². The molecule has 1 unspecified atom stereocenters. The molecule has 1 fully saturated rings. The topological polar surface area (TPSA) is 49.8 Å². The summed E-state index contributed by atoms with van der Waals surface area (Å²) in [6, 6.07) is 4.24. The van der Waals surface area contributed by atoms with Crippen molar-refractivity contribution in [3.8, 4) is 5.75 Å². The van der Waals surface area contributed by atoms with Crippen molar-refractivity contribution in [1.82, 2.24) is 4.90 Å². The van der Waals surface area contributed by atoms with E-state index >= 15 is 0 Å². The summed E-state index contributed by atoms with van der Waals surface area (Å²) in [4.78, 5) is 13.2. The molecule has 1 amide bonds. The number of likely N-dealkylation sites (tertiary alicyclic amines) is 1. The number of rotatable bonds is 3. The molecule has 0 saturated carbocycles. The zero-order chi connectivity index (χ0) is 13.3. The highest BCUT2D eigenvalue weighted by atomic mass is 19.1. The number of nitrogens with zero attached hydrogens (tertiary/aromatic N) is 1. The van der Waals surface area contributed by atoms with E-state index in [0.29, 0.717) is 18.7 Å². The first-order valence-corrected chi connectivity index (χ1v) is 5.88. The number of halogens is 1. The van der Waals surface area contributed by atoms with E-state index < -0.39 is 18.0 Å². The van der Waals surface area contributed by atoms with Gasteiger partial charge in [-0.05, 0) is 19.1 Å². The smallest absolute Gasteiger partial charge is 0.263 e. The van der Waals surface area contributed by atoms with Gasteiger partial charge >= 0.3 is 0 Å². The van der Waals surface area contributed by atoms with Gasteiger partial charge in [0.15, 0.2) is 6.10 Å². The van der Waals surface area contributed by atoms with Gasteiger partial charge in [0, 0.05) is 31.6 Å². The molecule has 1 aliphatic heterocycles. The summed E-state index contributed by atoms with van der Waals surface area (Å²) >= 11 is 0. The lowest BCUT2D eigenvalue weighted by molar-refractivity contribution is -0.132. The van der Waals surface area contributed by atoms with Crippen molar-refractivity contribution in [1.29, 1.82) is 0 Å². The molecular weight excluding hydrogens is 237 g/mol. The molecule has 0 radical (unpaired) electrons. The van der Waals surface area contributed by atoms with Crippen molar-refractivity contribution in [2.75, 3.05) is 13.6 Å². The predicted molar refractivity (Wildman–Crippen MR) is 63.7 cm³/mol. The first-order chi connectivity index (χ1) is 8.49. The monoisotopic (exact) mass is 253 g/mol. The van der Waals surface area contributed by atoms with Crippen LogP contribution in [0.4, 0.5) is 4.39 Å². The normalized spacial score (nSPS) is 21.2. The summed E-state index contributed by atoms with van der Waals surface area (Å²) in [6.45, 7) is 2.14. The summed E-state index contributed by atoms with van der Waals surface area (Å²) in [6.07, 6.45) is -0.792. The number of aliphatic hydroxyl groups is 1. The Kier molecular flexibility index (Phi) is 3.52. The maximum absolute atomic E-state index is 13.6. The summed E-state index contributed by atoms with van der Waals surface area (Å²) < 4.78 is 19.1. The first kappa shape index (κ1) is 12.8. The molecule has 4 nitrogen and oxygen atoms in total. The highest BCUT2D eigenvalue weighted by molar-refractivity contribution is 5.83. The average molecular weight is 253 g/mol. The Balaban J connectivity index is 2.11. The van der Waals surface area contributed by atoms with Crippen molar-refractivity contribution in [3.63, 3.8) is 0 Å². The van der Waals surface area contributed by atoms with E-state index in [-0.39, 0.29) is 11.5 Å². The number of carbonyl (C=O) groups excluding carboxylic acids is 1. The molecule has 1 aromatic rings. The standard InChI is InChI=1S/C13H16FNO3/c1-8(16)10-4-3-9(7-11(10)14)18-12-5-6-15(2)13(12)17/h3-4,7-8,12,16H,5-6H2,1-2H3/t8-,12?/m0/s1. The number of aliphatic hydroxyl groups excluding tert-OH is 1. The van der Waals surface area contributed by atoms with Gasteiger partial charge in [-0.1, -0.05) is 0 Å². The number of hydrogen-bond donors (Lipinski definition) is 1. The number of hydrogen-bond acceptors (Lipinski definition) is 3. The number of amides is 1. The van der Waals surface area contributed by atoms with Gasteiger partial charge in [-0.3, -0.25) is 4.79 Å². The molecule has 2 atom stereocenters. The molecule has 0 aromatic heterocycles. The van der Waals surface area contributed by atoms with Crippen LogP contribution in [0, 0.1) is 5.82 Å². The lowest BCUT2D eigenvalue weighted by atomic mass is 10.1. The Labute approximate surface area is 105 Å². The van der Waals surface area contributed by atoms with Crippen LogP contribution in [0.2, 0.25) is 0 Å². The van der Waals surface area contributed by atoms with Crippen LogP contribution in [-0.2, 0) is 4.79 Å². The lowest BCUT2D eigenvalue weighted by Gasteiger charge is -2.14. The molecule has 1 aliphatic rings. The van der Waals surface area contributed by atoms with E-state index in [1.807, 2.05) is 0 Å². The van der Waals surface area contributed by atoms with Crippen molar-refractivity contribution in [2.45, 2.75) is 25.6 Å². The second-order valence-corrected chi connectivity index (χ2v) is 4.51. The first-order valence-electron chi connectivity index (χ1n) is 5.88. The molecule has 5 heteroatoms. The molecule has 0 spiro atoms. The van der Waals surface area contributed by atoms with E-state index in [1.165, 1.54) is 19.1 Å². The van der Waals surface area contributed by atoms with Crippen LogP contribution in [0.15, 0.2) is 18.2 Å².